The Labute approximate surface area is 110 Å². The third kappa shape index (κ3) is 3.58. The summed E-state index contributed by atoms with van der Waals surface area (Å²) >= 11 is 0. The third-order valence-electron chi connectivity index (χ3n) is 3.96. The number of hydrogen-bond donors (Lipinski definition) is 1. The fraction of sp³-hybridized carbons (Fsp3) is 0.562. The van der Waals surface area contributed by atoms with E-state index in [0.717, 1.165) is 12.5 Å². The van der Waals surface area contributed by atoms with Gasteiger partial charge in [-0.1, -0.05) is 50.1 Å². The summed E-state index contributed by atoms with van der Waals surface area (Å²) in [6, 6.07) is 12.8. The number of benzene rings is 1. The van der Waals surface area contributed by atoms with E-state index in [-0.39, 0.29) is 6.04 Å². The molecule has 2 rings (SSSR count). The molecule has 1 aliphatic carbocycles. The summed E-state index contributed by atoms with van der Waals surface area (Å²) < 4.78 is 0. The predicted octanol–water partition coefficient (Wildman–Crippen LogP) is 3.49. The summed E-state index contributed by atoms with van der Waals surface area (Å²) in [7, 11) is 0. The van der Waals surface area contributed by atoms with Gasteiger partial charge in [0.2, 0.25) is 0 Å². The van der Waals surface area contributed by atoms with Crippen molar-refractivity contribution in [1.82, 2.24) is 5.32 Å². The first-order valence-corrected chi connectivity index (χ1v) is 6.96. The molecule has 2 nitrogen and oxygen atoms in total. The molecular weight excluding hydrogens is 220 g/mol. The van der Waals surface area contributed by atoms with Crippen LogP contribution in [0.15, 0.2) is 30.3 Å². The van der Waals surface area contributed by atoms with Crippen LogP contribution in [0.2, 0.25) is 0 Å². The Hall–Kier alpha value is -1.33. The fourth-order valence-corrected chi connectivity index (χ4v) is 2.93. The van der Waals surface area contributed by atoms with Crippen LogP contribution in [0.3, 0.4) is 0 Å². The monoisotopic (exact) mass is 242 g/mol. The number of nitriles is 1. The maximum absolute atomic E-state index is 9.33. The largest absolute Gasteiger partial charge is 0.298 e. The number of nitrogens with zero attached hydrogens (tertiary/aromatic N) is 1. The van der Waals surface area contributed by atoms with Gasteiger partial charge in [0.1, 0.15) is 0 Å². The Morgan fingerprint density at radius 3 is 2.78 bits per heavy atom. The van der Waals surface area contributed by atoms with E-state index in [2.05, 4.69) is 30.4 Å². The van der Waals surface area contributed by atoms with Crippen LogP contribution in [0.1, 0.15) is 38.2 Å². The van der Waals surface area contributed by atoms with Gasteiger partial charge in [-0.2, -0.15) is 5.26 Å². The summed E-state index contributed by atoms with van der Waals surface area (Å²) in [5.41, 5.74) is 1.25. The summed E-state index contributed by atoms with van der Waals surface area (Å²) in [4.78, 5) is 0. The molecule has 0 amide bonds. The summed E-state index contributed by atoms with van der Waals surface area (Å²) in [6.45, 7) is 3.10. The molecule has 18 heavy (non-hydrogen) atoms. The Kier molecular flexibility index (Phi) is 4.78. The first-order chi connectivity index (χ1) is 8.79. The number of nitrogens with one attached hydrogen (secondary N) is 1. The zero-order valence-electron chi connectivity index (χ0n) is 11.1. The van der Waals surface area contributed by atoms with Crippen molar-refractivity contribution in [3.05, 3.63) is 35.9 Å². The predicted molar refractivity (Wildman–Crippen MR) is 73.8 cm³/mol. The van der Waals surface area contributed by atoms with Crippen molar-refractivity contribution in [3.63, 3.8) is 0 Å². The average molecular weight is 242 g/mol. The van der Waals surface area contributed by atoms with E-state index in [1.165, 1.54) is 31.2 Å². The lowest BCUT2D eigenvalue weighted by molar-refractivity contribution is 0.247. The maximum Gasteiger partial charge on any atom is 0.0984 e. The van der Waals surface area contributed by atoms with Crippen LogP contribution in [-0.2, 0) is 6.54 Å². The van der Waals surface area contributed by atoms with Crippen LogP contribution in [0.25, 0.3) is 0 Å². The van der Waals surface area contributed by atoms with Gasteiger partial charge in [-0.3, -0.25) is 5.32 Å². The quantitative estimate of drug-likeness (QED) is 0.877. The zero-order valence-corrected chi connectivity index (χ0v) is 11.1. The Balaban J connectivity index is 1.88. The summed E-state index contributed by atoms with van der Waals surface area (Å²) in [6.07, 6.45) is 4.99. The highest BCUT2D eigenvalue weighted by atomic mass is 14.9. The van der Waals surface area contributed by atoms with Crippen molar-refractivity contribution in [1.29, 1.82) is 5.26 Å². The second-order valence-corrected chi connectivity index (χ2v) is 5.51. The van der Waals surface area contributed by atoms with Crippen molar-refractivity contribution in [3.8, 4) is 6.07 Å². The van der Waals surface area contributed by atoms with Crippen LogP contribution < -0.4 is 5.32 Å². The van der Waals surface area contributed by atoms with Gasteiger partial charge < -0.3 is 0 Å². The molecule has 0 radical (unpaired) electrons. The summed E-state index contributed by atoms with van der Waals surface area (Å²) in [5, 5.41) is 12.7. The molecule has 1 aromatic rings. The molecule has 0 aromatic heterocycles. The van der Waals surface area contributed by atoms with Crippen molar-refractivity contribution in [2.24, 2.45) is 11.8 Å². The van der Waals surface area contributed by atoms with Gasteiger partial charge in [0, 0.05) is 6.54 Å². The third-order valence-corrected chi connectivity index (χ3v) is 3.96. The Morgan fingerprint density at radius 1 is 1.33 bits per heavy atom. The Morgan fingerprint density at radius 2 is 2.11 bits per heavy atom. The molecule has 1 aromatic carbocycles. The smallest absolute Gasteiger partial charge is 0.0984 e. The van der Waals surface area contributed by atoms with Gasteiger partial charge in [-0.05, 0) is 30.2 Å². The van der Waals surface area contributed by atoms with E-state index in [9.17, 15) is 5.26 Å². The minimum Gasteiger partial charge on any atom is -0.298 e. The van der Waals surface area contributed by atoms with E-state index >= 15 is 0 Å². The molecule has 1 aliphatic rings. The van der Waals surface area contributed by atoms with Crippen molar-refractivity contribution in [2.75, 3.05) is 0 Å². The van der Waals surface area contributed by atoms with Gasteiger partial charge >= 0.3 is 0 Å². The maximum atomic E-state index is 9.33. The van der Waals surface area contributed by atoms with Crippen molar-refractivity contribution >= 4 is 0 Å². The minimum atomic E-state index is 0.00737. The molecule has 1 saturated carbocycles. The van der Waals surface area contributed by atoms with E-state index in [1.54, 1.807) is 0 Å². The molecule has 0 saturated heterocycles. The Bertz CT molecular complexity index is 393. The second-order valence-electron chi connectivity index (χ2n) is 5.51. The van der Waals surface area contributed by atoms with Gasteiger partial charge in [0.15, 0.2) is 0 Å². The van der Waals surface area contributed by atoms with Crippen LogP contribution in [0.5, 0.6) is 0 Å². The lowest BCUT2D eigenvalue weighted by Gasteiger charge is -2.30. The standard InChI is InChI=1S/C16H22N2/c1-13-6-5-9-15(10-13)16(11-17)18-12-14-7-3-2-4-8-14/h2-4,7-8,13,15-16,18H,5-6,9-10,12H2,1H3. The summed E-state index contributed by atoms with van der Waals surface area (Å²) in [5.74, 6) is 1.31. The molecule has 0 heterocycles. The molecule has 2 heteroatoms. The van der Waals surface area contributed by atoms with E-state index in [0.29, 0.717) is 5.92 Å². The van der Waals surface area contributed by atoms with E-state index < -0.39 is 0 Å². The first kappa shape index (κ1) is 13.1. The fourth-order valence-electron chi connectivity index (χ4n) is 2.93. The van der Waals surface area contributed by atoms with Crippen LogP contribution in [-0.4, -0.2) is 6.04 Å². The lowest BCUT2D eigenvalue weighted by atomic mass is 9.79. The van der Waals surface area contributed by atoms with E-state index in [1.807, 2.05) is 18.2 Å². The van der Waals surface area contributed by atoms with Crippen LogP contribution in [0, 0.1) is 23.2 Å². The van der Waals surface area contributed by atoms with Gasteiger partial charge in [-0.25, -0.2) is 0 Å². The molecule has 1 N–H and O–H groups in total. The van der Waals surface area contributed by atoms with Crippen molar-refractivity contribution in [2.45, 2.75) is 45.2 Å². The molecule has 1 fully saturated rings. The van der Waals surface area contributed by atoms with Crippen LogP contribution in [0.4, 0.5) is 0 Å². The second kappa shape index (κ2) is 6.56. The number of hydrogen-bond acceptors (Lipinski definition) is 2. The zero-order chi connectivity index (χ0) is 12.8. The highest BCUT2D eigenvalue weighted by Gasteiger charge is 2.26. The van der Waals surface area contributed by atoms with Gasteiger partial charge in [0.05, 0.1) is 12.1 Å². The molecule has 3 unspecified atom stereocenters. The van der Waals surface area contributed by atoms with Crippen LogP contribution >= 0.6 is 0 Å². The molecular formula is C16H22N2. The molecule has 96 valence electrons. The first-order valence-electron chi connectivity index (χ1n) is 6.96. The highest BCUT2D eigenvalue weighted by Crippen LogP contribution is 2.30. The molecule has 3 atom stereocenters. The average Bonchev–Trinajstić information content (AvgIpc) is 2.41. The molecule has 0 spiro atoms. The lowest BCUT2D eigenvalue weighted by Crippen LogP contribution is -2.36. The van der Waals surface area contributed by atoms with Gasteiger partial charge in [0.25, 0.3) is 0 Å². The molecule has 0 bridgehead atoms. The van der Waals surface area contributed by atoms with Crippen molar-refractivity contribution < 1.29 is 0 Å². The highest BCUT2D eigenvalue weighted by molar-refractivity contribution is 5.15. The minimum absolute atomic E-state index is 0.00737. The van der Waals surface area contributed by atoms with Gasteiger partial charge in [-0.15, -0.1) is 0 Å². The molecule has 0 aliphatic heterocycles. The normalized spacial score (nSPS) is 25.3. The van der Waals surface area contributed by atoms with E-state index in [4.69, 9.17) is 0 Å². The SMILES string of the molecule is CC1CCCC(C(C#N)NCc2ccccc2)C1. The number of rotatable bonds is 4. The topological polar surface area (TPSA) is 35.8 Å².